The molecular weight excluding hydrogens is 268 g/mol. The first kappa shape index (κ1) is 13.2. The minimum absolute atomic E-state index is 0.447. The van der Waals surface area contributed by atoms with E-state index in [1.807, 2.05) is 0 Å². The zero-order valence-electron chi connectivity index (χ0n) is 9.61. The lowest BCUT2D eigenvalue weighted by Gasteiger charge is -2.08. The van der Waals surface area contributed by atoms with Crippen molar-refractivity contribution in [1.82, 2.24) is 0 Å². The second-order valence-corrected chi connectivity index (χ2v) is 5.35. The molecule has 0 amide bonds. The molecule has 1 N–H and O–H groups in total. The van der Waals surface area contributed by atoms with E-state index in [0.717, 1.165) is 6.42 Å². The van der Waals surface area contributed by atoms with E-state index in [0.29, 0.717) is 12.3 Å². The monoisotopic (exact) mass is 284 g/mol. The van der Waals surface area contributed by atoms with Crippen LogP contribution in [0.5, 0.6) is 0 Å². The van der Waals surface area contributed by atoms with Crippen LogP contribution in [-0.2, 0) is 11.2 Å². The molecule has 0 saturated carbocycles. The van der Waals surface area contributed by atoms with Crippen molar-refractivity contribution >= 4 is 21.9 Å². The Hall–Kier alpha value is -0.830. The van der Waals surface area contributed by atoms with Crippen LogP contribution in [0.2, 0.25) is 0 Å². The van der Waals surface area contributed by atoms with Crippen molar-refractivity contribution in [2.75, 3.05) is 0 Å². The molecule has 3 heteroatoms. The Kier molecular flexibility index (Phi) is 5.00. The van der Waals surface area contributed by atoms with Crippen molar-refractivity contribution in [3.05, 3.63) is 35.4 Å². The molecule has 1 unspecified atom stereocenters. The Bertz CT molecular complexity index is 343. The molecule has 1 aromatic carbocycles. The number of halogens is 1. The van der Waals surface area contributed by atoms with Gasteiger partial charge in [0.2, 0.25) is 0 Å². The van der Waals surface area contributed by atoms with Gasteiger partial charge in [0.15, 0.2) is 0 Å². The quantitative estimate of drug-likeness (QED) is 0.839. The van der Waals surface area contributed by atoms with E-state index in [2.05, 4.69) is 54.0 Å². The fraction of sp³-hybridized carbons (Fsp3) is 0.462. The van der Waals surface area contributed by atoms with Gasteiger partial charge in [0.1, 0.15) is 4.83 Å². The molecule has 0 aliphatic rings. The summed E-state index contributed by atoms with van der Waals surface area (Å²) in [5.41, 5.74) is 2.51. The van der Waals surface area contributed by atoms with Gasteiger partial charge in [0.25, 0.3) is 0 Å². The molecule has 0 radical (unpaired) electrons. The predicted octanol–water partition coefficient (Wildman–Crippen LogP) is 3.59. The van der Waals surface area contributed by atoms with Crippen molar-refractivity contribution in [2.45, 2.75) is 37.4 Å². The SMILES string of the molecule is CC(C)c1ccc(CCC(Br)C(=O)O)cc1. The molecule has 0 saturated heterocycles. The van der Waals surface area contributed by atoms with E-state index in [1.54, 1.807) is 0 Å². The number of hydrogen-bond acceptors (Lipinski definition) is 1. The first-order valence-corrected chi connectivity index (χ1v) is 6.38. The Morgan fingerprint density at radius 3 is 2.31 bits per heavy atom. The van der Waals surface area contributed by atoms with Gasteiger partial charge in [0.05, 0.1) is 0 Å². The number of aliphatic carboxylic acids is 1. The predicted molar refractivity (Wildman–Crippen MR) is 69.2 cm³/mol. The van der Waals surface area contributed by atoms with Crippen LogP contribution < -0.4 is 0 Å². The molecule has 0 spiro atoms. The largest absolute Gasteiger partial charge is 0.480 e. The van der Waals surface area contributed by atoms with Crippen molar-refractivity contribution < 1.29 is 9.90 Å². The summed E-state index contributed by atoms with van der Waals surface area (Å²) in [6, 6.07) is 8.39. The van der Waals surface area contributed by atoms with Crippen molar-refractivity contribution in [3.8, 4) is 0 Å². The van der Waals surface area contributed by atoms with Gasteiger partial charge in [-0.05, 0) is 29.9 Å². The lowest BCUT2D eigenvalue weighted by atomic mass is 10.00. The number of alkyl halides is 1. The molecule has 0 aliphatic heterocycles. The number of hydrogen-bond donors (Lipinski definition) is 1. The number of carbonyl (C=O) groups is 1. The van der Waals surface area contributed by atoms with Crippen molar-refractivity contribution in [2.24, 2.45) is 0 Å². The zero-order valence-corrected chi connectivity index (χ0v) is 11.2. The normalized spacial score (nSPS) is 12.8. The number of carboxylic acid groups (broad SMARTS) is 1. The third-order valence-corrected chi connectivity index (χ3v) is 3.45. The summed E-state index contributed by atoms with van der Waals surface area (Å²) in [7, 11) is 0. The minimum Gasteiger partial charge on any atom is -0.480 e. The smallest absolute Gasteiger partial charge is 0.317 e. The third kappa shape index (κ3) is 3.97. The molecule has 16 heavy (non-hydrogen) atoms. The third-order valence-electron chi connectivity index (χ3n) is 2.60. The Labute approximate surface area is 105 Å². The van der Waals surface area contributed by atoms with Gasteiger partial charge in [-0.1, -0.05) is 54.0 Å². The Morgan fingerprint density at radius 1 is 1.31 bits per heavy atom. The molecule has 1 atom stereocenters. The summed E-state index contributed by atoms with van der Waals surface area (Å²) in [6.45, 7) is 4.32. The summed E-state index contributed by atoms with van der Waals surface area (Å²) < 4.78 is 0. The van der Waals surface area contributed by atoms with Gasteiger partial charge in [-0.25, -0.2) is 0 Å². The maximum Gasteiger partial charge on any atom is 0.317 e. The highest BCUT2D eigenvalue weighted by Gasteiger charge is 2.12. The summed E-state index contributed by atoms with van der Waals surface area (Å²) in [6.07, 6.45) is 1.41. The summed E-state index contributed by atoms with van der Waals surface area (Å²) in [4.78, 5) is 10.2. The molecule has 1 aromatic rings. The molecule has 0 bridgehead atoms. The fourth-order valence-corrected chi connectivity index (χ4v) is 1.71. The van der Waals surface area contributed by atoms with Crippen LogP contribution in [0.25, 0.3) is 0 Å². The molecule has 88 valence electrons. The average Bonchev–Trinajstić information content (AvgIpc) is 2.26. The standard InChI is InChI=1S/C13H17BrO2/c1-9(2)11-6-3-10(4-7-11)5-8-12(14)13(15)16/h3-4,6-7,9,12H,5,8H2,1-2H3,(H,15,16). The van der Waals surface area contributed by atoms with Gasteiger partial charge in [-0.2, -0.15) is 0 Å². The maximum absolute atomic E-state index is 10.6. The topological polar surface area (TPSA) is 37.3 Å². The number of benzene rings is 1. The Morgan fingerprint density at radius 2 is 1.88 bits per heavy atom. The van der Waals surface area contributed by atoms with E-state index in [-0.39, 0.29) is 0 Å². The van der Waals surface area contributed by atoms with Crippen LogP contribution >= 0.6 is 15.9 Å². The number of carboxylic acids is 1. The van der Waals surface area contributed by atoms with E-state index in [9.17, 15) is 4.79 Å². The molecular formula is C13H17BrO2. The second-order valence-electron chi connectivity index (χ2n) is 4.24. The van der Waals surface area contributed by atoms with Crippen LogP contribution in [0.1, 0.15) is 37.3 Å². The van der Waals surface area contributed by atoms with E-state index >= 15 is 0 Å². The van der Waals surface area contributed by atoms with E-state index in [1.165, 1.54) is 11.1 Å². The molecule has 0 aliphatic carbocycles. The van der Waals surface area contributed by atoms with Crippen LogP contribution in [0.3, 0.4) is 0 Å². The molecule has 0 fully saturated rings. The minimum atomic E-state index is -0.793. The molecule has 2 nitrogen and oxygen atoms in total. The van der Waals surface area contributed by atoms with Gasteiger partial charge >= 0.3 is 5.97 Å². The molecule has 0 heterocycles. The maximum atomic E-state index is 10.6. The van der Waals surface area contributed by atoms with Gasteiger partial charge in [0, 0.05) is 0 Å². The van der Waals surface area contributed by atoms with E-state index in [4.69, 9.17) is 5.11 Å². The first-order chi connectivity index (χ1) is 7.50. The first-order valence-electron chi connectivity index (χ1n) is 5.46. The van der Waals surface area contributed by atoms with Crippen molar-refractivity contribution in [1.29, 1.82) is 0 Å². The van der Waals surface area contributed by atoms with Crippen LogP contribution in [0, 0.1) is 0 Å². The van der Waals surface area contributed by atoms with Crippen molar-refractivity contribution in [3.63, 3.8) is 0 Å². The lowest BCUT2D eigenvalue weighted by molar-refractivity contribution is -0.136. The highest BCUT2D eigenvalue weighted by atomic mass is 79.9. The van der Waals surface area contributed by atoms with Crippen LogP contribution in [0.15, 0.2) is 24.3 Å². The fourth-order valence-electron chi connectivity index (χ4n) is 1.49. The highest BCUT2D eigenvalue weighted by Crippen LogP contribution is 2.17. The summed E-state index contributed by atoms with van der Waals surface area (Å²) in [5, 5.41) is 8.73. The molecule has 1 rings (SSSR count). The van der Waals surface area contributed by atoms with Crippen LogP contribution in [0.4, 0.5) is 0 Å². The van der Waals surface area contributed by atoms with Gasteiger partial charge < -0.3 is 5.11 Å². The number of rotatable bonds is 5. The second kappa shape index (κ2) is 6.04. The summed E-state index contributed by atoms with van der Waals surface area (Å²) in [5.74, 6) is -0.254. The lowest BCUT2D eigenvalue weighted by Crippen LogP contribution is -2.13. The van der Waals surface area contributed by atoms with Gasteiger partial charge in [-0.15, -0.1) is 0 Å². The molecule has 0 aromatic heterocycles. The summed E-state index contributed by atoms with van der Waals surface area (Å²) >= 11 is 3.14. The highest BCUT2D eigenvalue weighted by molar-refractivity contribution is 9.10. The average molecular weight is 285 g/mol. The number of aryl methyl sites for hydroxylation is 1. The Balaban J connectivity index is 2.52. The van der Waals surface area contributed by atoms with Gasteiger partial charge in [-0.3, -0.25) is 4.79 Å². The van der Waals surface area contributed by atoms with E-state index < -0.39 is 10.8 Å². The van der Waals surface area contributed by atoms with Crippen LogP contribution in [-0.4, -0.2) is 15.9 Å². The zero-order chi connectivity index (χ0) is 12.1.